The van der Waals surface area contributed by atoms with E-state index in [0.717, 1.165) is 11.1 Å². The van der Waals surface area contributed by atoms with Gasteiger partial charge in [-0.2, -0.15) is 0 Å². The highest BCUT2D eigenvalue weighted by Gasteiger charge is 2.14. The second kappa shape index (κ2) is 8.19. The average molecular weight is 369 g/mol. The summed E-state index contributed by atoms with van der Waals surface area (Å²) in [6.45, 7) is 2.65. The van der Waals surface area contributed by atoms with Gasteiger partial charge in [0.1, 0.15) is 0 Å². The van der Waals surface area contributed by atoms with Gasteiger partial charge in [-0.15, -0.1) is 0 Å². The minimum atomic E-state index is 0.0609. The largest absolute Gasteiger partial charge is 0.441 e. The van der Waals surface area contributed by atoms with Crippen molar-refractivity contribution >= 4 is 17.5 Å². The minimum absolute atomic E-state index is 0.0609. The van der Waals surface area contributed by atoms with Gasteiger partial charge in [0.15, 0.2) is 11.7 Å². The van der Waals surface area contributed by atoms with Gasteiger partial charge in [0.25, 0.3) is 0 Å². The second-order valence-corrected chi connectivity index (χ2v) is 6.68. The lowest BCUT2D eigenvalue weighted by atomic mass is 10.1. The number of aryl methyl sites for hydroxylation is 2. The zero-order valence-electron chi connectivity index (χ0n) is 14.9. The van der Waals surface area contributed by atoms with E-state index in [9.17, 15) is 4.79 Å². The number of carbonyl (C=O) groups excluding carboxylic acids is 1. The van der Waals surface area contributed by atoms with Gasteiger partial charge in [-0.25, -0.2) is 4.98 Å². The van der Waals surface area contributed by atoms with Crippen LogP contribution < -0.4 is 0 Å². The quantitative estimate of drug-likeness (QED) is 0.622. The molecule has 0 bridgehead atoms. The van der Waals surface area contributed by atoms with E-state index in [1.807, 2.05) is 49.5 Å². The number of aromatic nitrogens is 1. The molecule has 1 aromatic heterocycles. The summed E-state index contributed by atoms with van der Waals surface area (Å²) in [5.41, 5.74) is 3.14. The van der Waals surface area contributed by atoms with Gasteiger partial charge in [0.2, 0.25) is 5.91 Å². The summed E-state index contributed by atoms with van der Waals surface area (Å²) in [5.74, 6) is 1.22. The van der Waals surface area contributed by atoms with Crippen molar-refractivity contribution in [3.05, 3.63) is 76.8 Å². The van der Waals surface area contributed by atoms with Crippen LogP contribution in [0, 0.1) is 6.92 Å². The predicted molar refractivity (Wildman–Crippen MR) is 103 cm³/mol. The van der Waals surface area contributed by atoms with E-state index in [4.69, 9.17) is 16.0 Å². The molecule has 0 aliphatic rings. The standard InChI is InChI=1S/C21H21ClN2O2/c1-15-7-3-4-8-16(15)14-24(2)21(25)12-11-20-23-13-19(26-20)17-9-5-6-10-18(17)22/h3-10,13H,11-12,14H2,1-2H3. The van der Waals surface area contributed by atoms with Crippen LogP contribution in [0.1, 0.15) is 23.4 Å². The molecule has 0 radical (unpaired) electrons. The number of rotatable bonds is 6. The fourth-order valence-corrected chi connectivity index (χ4v) is 2.98. The molecule has 0 atom stereocenters. The van der Waals surface area contributed by atoms with Crippen LogP contribution >= 0.6 is 11.6 Å². The van der Waals surface area contributed by atoms with Crippen LogP contribution in [-0.4, -0.2) is 22.8 Å². The average Bonchev–Trinajstić information content (AvgIpc) is 3.10. The number of oxazole rings is 1. The molecule has 5 heteroatoms. The van der Waals surface area contributed by atoms with Crippen molar-refractivity contribution in [2.75, 3.05) is 7.05 Å². The van der Waals surface area contributed by atoms with E-state index in [0.29, 0.717) is 36.1 Å². The maximum Gasteiger partial charge on any atom is 0.223 e. The Bertz CT molecular complexity index is 904. The third-order valence-electron chi connectivity index (χ3n) is 4.34. The Morgan fingerprint density at radius 1 is 1.15 bits per heavy atom. The molecule has 0 fully saturated rings. The van der Waals surface area contributed by atoms with Crippen molar-refractivity contribution < 1.29 is 9.21 Å². The molecule has 1 amide bonds. The second-order valence-electron chi connectivity index (χ2n) is 6.27. The van der Waals surface area contributed by atoms with Crippen LogP contribution in [0.2, 0.25) is 5.02 Å². The maximum atomic E-state index is 12.4. The normalized spacial score (nSPS) is 10.7. The molecule has 0 spiro atoms. The lowest BCUT2D eigenvalue weighted by molar-refractivity contribution is -0.130. The molecule has 0 unspecified atom stereocenters. The molecule has 2 aromatic carbocycles. The fraction of sp³-hybridized carbons (Fsp3) is 0.238. The molecule has 0 aliphatic heterocycles. The Balaban J connectivity index is 1.58. The van der Waals surface area contributed by atoms with Gasteiger partial charge in [-0.3, -0.25) is 4.79 Å². The molecule has 3 aromatic rings. The molecule has 0 saturated carbocycles. The molecule has 0 saturated heterocycles. The molecule has 3 rings (SSSR count). The summed E-state index contributed by atoms with van der Waals surface area (Å²) in [6.07, 6.45) is 2.46. The van der Waals surface area contributed by atoms with E-state index < -0.39 is 0 Å². The number of hydrogen-bond donors (Lipinski definition) is 0. The number of carbonyl (C=O) groups is 1. The highest BCUT2D eigenvalue weighted by Crippen LogP contribution is 2.28. The first kappa shape index (κ1) is 18.2. The van der Waals surface area contributed by atoms with E-state index in [2.05, 4.69) is 18.0 Å². The van der Waals surface area contributed by atoms with Gasteiger partial charge in [0, 0.05) is 32.0 Å². The number of benzene rings is 2. The van der Waals surface area contributed by atoms with Crippen molar-refractivity contribution in [1.82, 2.24) is 9.88 Å². The van der Waals surface area contributed by atoms with Crippen molar-refractivity contribution in [1.29, 1.82) is 0 Å². The van der Waals surface area contributed by atoms with E-state index in [1.165, 1.54) is 5.56 Å². The Labute approximate surface area is 158 Å². The summed E-state index contributed by atoms with van der Waals surface area (Å²) < 4.78 is 5.75. The van der Waals surface area contributed by atoms with Gasteiger partial charge in [-0.05, 0) is 30.2 Å². The molecule has 134 valence electrons. The van der Waals surface area contributed by atoms with Crippen LogP contribution in [0.15, 0.2) is 59.1 Å². The van der Waals surface area contributed by atoms with Crippen LogP contribution in [0.4, 0.5) is 0 Å². The third kappa shape index (κ3) is 4.33. The summed E-state index contributed by atoms with van der Waals surface area (Å²) in [4.78, 5) is 18.4. The summed E-state index contributed by atoms with van der Waals surface area (Å²) in [7, 11) is 1.82. The van der Waals surface area contributed by atoms with E-state index in [1.54, 1.807) is 11.1 Å². The Morgan fingerprint density at radius 2 is 1.88 bits per heavy atom. The Morgan fingerprint density at radius 3 is 2.65 bits per heavy atom. The van der Waals surface area contributed by atoms with E-state index >= 15 is 0 Å². The van der Waals surface area contributed by atoms with Crippen LogP contribution in [0.5, 0.6) is 0 Å². The topological polar surface area (TPSA) is 46.3 Å². The fourth-order valence-electron chi connectivity index (χ4n) is 2.75. The minimum Gasteiger partial charge on any atom is -0.441 e. The van der Waals surface area contributed by atoms with Gasteiger partial charge in [0.05, 0.1) is 11.2 Å². The van der Waals surface area contributed by atoms with Crippen LogP contribution in [-0.2, 0) is 17.8 Å². The third-order valence-corrected chi connectivity index (χ3v) is 4.67. The highest BCUT2D eigenvalue weighted by molar-refractivity contribution is 6.33. The zero-order chi connectivity index (χ0) is 18.5. The lowest BCUT2D eigenvalue weighted by Gasteiger charge is -2.18. The van der Waals surface area contributed by atoms with Gasteiger partial charge < -0.3 is 9.32 Å². The smallest absolute Gasteiger partial charge is 0.223 e. The molecular weight excluding hydrogens is 348 g/mol. The van der Waals surface area contributed by atoms with Crippen LogP contribution in [0.25, 0.3) is 11.3 Å². The molecule has 0 aliphatic carbocycles. The van der Waals surface area contributed by atoms with Gasteiger partial charge in [-0.1, -0.05) is 48.0 Å². The predicted octanol–water partition coefficient (Wildman–Crippen LogP) is 4.89. The first-order valence-electron chi connectivity index (χ1n) is 8.52. The number of halogens is 1. The Hall–Kier alpha value is -2.59. The van der Waals surface area contributed by atoms with Crippen molar-refractivity contribution in [3.63, 3.8) is 0 Å². The summed E-state index contributed by atoms with van der Waals surface area (Å²) in [6, 6.07) is 15.5. The number of hydrogen-bond acceptors (Lipinski definition) is 3. The molecule has 1 heterocycles. The SMILES string of the molecule is Cc1ccccc1CN(C)C(=O)CCc1ncc(-c2ccccc2Cl)o1. The van der Waals surface area contributed by atoms with Crippen molar-refractivity contribution in [2.24, 2.45) is 0 Å². The summed E-state index contributed by atoms with van der Waals surface area (Å²) >= 11 is 6.18. The number of amides is 1. The van der Waals surface area contributed by atoms with Crippen LogP contribution in [0.3, 0.4) is 0 Å². The zero-order valence-corrected chi connectivity index (χ0v) is 15.7. The Kier molecular flexibility index (Phi) is 5.74. The first-order valence-corrected chi connectivity index (χ1v) is 8.90. The van der Waals surface area contributed by atoms with Crippen molar-refractivity contribution in [2.45, 2.75) is 26.3 Å². The van der Waals surface area contributed by atoms with E-state index in [-0.39, 0.29) is 5.91 Å². The first-order chi connectivity index (χ1) is 12.5. The molecule has 4 nitrogen and oxygen atoms in total. The van der Waals surface area contributed by atoms with Gasteiger partial charge >= 0.3 is 0 Å². The molecule has 26 heavy (non-hydrogen) atoms. The molecule has 0 N–H and O–H groups in total. The monoisotopic (exact) mass is 368 g/mol. The number of nitrogens with zero attached hydrogens (tertiary/aromatic N) is 2. The maximum absolute atomic E-state index is 12.4. The van der Waals surface area contributed by atoms with Crippen molar-refractivity contribution in [3.8, 4) is 11.3 Å². The lowest BCUT2D eigenvalue weighted by Crippen LogP contribution is -2.26. The highest BCUT2D eigenvalue weighted by atomic mass is 35.5. The summed E-state index contributed by atoms with van der Waals surface area (Å²) in [5, 5.41) is 0.615. The molecular formula is C21H21ClN2O2.